The fraction of sp³-hybridized carbons (Fsp3) is 0.357. The van der Waals surface area contributed by atoms with Gasteiger partial charge < -0.3 is 15.5 Å². The summed E-state index contributed by atoms with van der Waals surface area (Å²) in [7, 11) is 0. The second-order valence-corrected chi connectivity index (χ2v) is 5.74. The maximum atomic E-state index is 11.8. The molecule has 1 aliphatic rings. The van der Waals surface area contributed by atoms with Gasteiger partial charge in [0.25, 0.3) is 5.24 Å². The van der Waals surface area contributed by atoms with E-state index in [1.807, 2.05) is 12.1 Å². The first kappa shape index (κ1) is 15.4. The van der Waals surface area contributed by atoms with Gasteiger partial charge in [0.1, 0.15) is 6.54 Å². The van der Waals surface area contributed by atoms with E-state index in [2.05, 4.69) is 10.6 Å². The summed E-state index contributed by atoms with van der Waals surface area (Å²) >= 11 is 1.24. The fourth-order valence-corrected chi connectivity index (χ4v) is 2.79. The van der Waals surface area contributed by atoms with Crippen molar-refractivity contribution in [3.05, 3.63) is 29.8 Å². The number of amides is 3. The Bertz CT molecular complexity index is 562. The smallest absolute Gasteiger partial charge is 0.282 e. The van der Waals surface area contributed by atoms with Gasteiger partial charge in [-0.2, -0.15) is 0 Å². The molecule has 0 unspecified atom stereocenters. The lowest BCUT2D eigenvalue weighted by atomic mass is 10.2. The molecule has 1 aliphatic heterocycles. The second kappa shape index (κ2) is 7.12. The normalized spacial score (nSPS) is 14.1. The van der Waals surface area contributed by atoms with Gasteiger partial charge in [-0.05, 0) is 17.7 Å². The van der Waals surface area contributed by atoms with Crippen molar-refractivity contribution < 1.29 is 14.4 Å². The van der Waals surface area contributed by atoms with Gasteiger partial charge in [0.05, 0.1) is 0 Å². The van der Waals surface area contributed by atoms with Crippen LogP contribution in [0.2, 0.25) is 0 Å². The average molecular weight is 307 g/mol. The van der Waals surface area contributed by atoms with E-state index < -0.39 is 0 Å². The Kier molecular flexibility index (Phi) is 5.21. The molecule has 0 spiro atoms. The highest BCUT2D eigenvalue weighted by Crippen LogP contribution is 2.16. The summed E-state index contributed by atoms with van der Waals surface area (Å²) in [6, 6.07) is 7.27. The van der Waals surface area contributed by atoms with Crippen molar-refractivity contribution in [2.45, 2.75) is 13.5 Å². The van der Waals surface area contributed by atoms with Crippen LogP contribution in [0.15, 0.2) is 24.3 Å². The molecule has 21 heavy (non-hydrogen) atoms. The van der Waals surface area contributed by atoms with E-state index in [4.69, 9.17) is 0 Å². The maximum absolute atomic E-state index is 11.8. The largest absolute Gasteiger partial charge is 0.350 e. The van der Waals surface area contributed by atoms with Gasteiger partial charge in [0.15, 0.2) is 0 Å². The molecule has 1 aromatic carbocycles. The molecule has 2 N–H and O–H groups in total. The standard InChI is InChI=1S/C14H17N3O3S/c1-10(18)16-12-4-2-3-11(7-12)8-15-13(19)9-17-5-6-21-14(17)20/h2-4,7H,5-6,8-9H2,1H3,(H,15,19)(H,16,18). The first-order valence-electron chi connectivity index (χ1n) is 6.59. The predicted molar refractivity (Wildman–Crippen MR) is 82.0 cm³/mol. The van der Waals surface area contributed by atoms with Crippen LogP contribution in [0.1, 0.15) is 12.5 Å². The van der Waals surface area contributed by atoms with Crippen molar-refractivity contribution >= 4 is 34.5 Å². The number of hydrogen-bond acceptors (Lipinski definition) is 4. The molecule has 6 nitrogen and oxygen atoms in total. The molecule has 0 atom stereocenters. The topological polar surface area (TPSA) is 78.5 Å². The highest BCUT2D eigenvalue weighted by atomic mass is 32.2. The molecule has 112 valence electrons. The van der Waals surface area contributed by atoms with Crippen LogP contribution in [-0.2, 0) is 16.1 Å². The lowest BCUT2D eigenvalue weighted by Gasteiger charge is -2.14. The minimum absolute atomic E-state index is 0.0437. The Hall–Kier alpha value is -2.02. The zero-order valence-corrected chi connectivity index (χ0v) is 12.5. The van der Waals surface area contributed by atoms with E-state index in [-0.39, 0.29) is 23.6 Å². The fourth-order valence-electron chi connectivity index (χ4n) is 1.96. The van der Waals surface area contributed by atoms with Crippen LogP contribution in [0.3, 0.4) is 0 Å². The van der Waals surface area contributed by atoms with Crippen LogP contribution in [-0.4, -0.2) is 40.8 Å². The minimum atomic E-state index is -0.184. The van der Waals surface area contributed by atoms with Gasteiger partial charge in [-0.1, -0.05) is 23.9 Å². The molecule has 2 rings (SSSR count). The Balaban J connectivity index is 1.83. The van der Waals surface area contributed by atoms with Gasteiger partial charge in [-0.15, -0.1) is 0 Å². The number of carbonyl (C=O) groups is 3. The van der Waals surface area contributed by atoms with Crippen LogP contribution in [0.25, 0.3) is 0 Å². The van der Waals surface area contributed by atoms with Crippen molar-refractivity contribution in [3.8, 4) is 0 Å². The van der Waals surface area contributed by atoms with E-state index in [0.29, 0.717) is 18.8 Å². The van der Waals surface area contributed by atoms with Crippen molar-refractivity contribution in [1.82, 2.24) is 10.2 Å². The zero-order valence-electron chi connectivity index (χ0n) is 11.7. The number of benzene rings is 1. The van der Waals surface area contributed by atoms with E-state index in [0.717, 1.165) is 11.3 Å². The van der Waals surface area contributed by atoms with E-state index in [1.54, 1.807) is 12.1 Å². The highest BCUT2D eigenvalue weighted by molar-refractivity contribution is 8.13. The van der Waals surface area contributed by atoms with Gasteiger partial charge in [0.2, 0.25) is 11.8 Å². The molecular weight excluding hydrogens is 290 g/mol. The minimum Gasteiger partial charge on any atom is -0.350 e. The third-order valence-electron chi connectivity index (χ3n) is 2.92. The molecule has 1 saturated heterocycles. The molecule has 0 aromatic heterocycles. The number of nitrogens with zero attached hydrogens (tertiary/aromatic N) is 1. The number of carbonyl (C=O) groups excluding carboxylic acids is 3. The van der Waals surface area contributed by atoms with Crippen LogP contribution < -0.4 is 10.6 Å². The monoisotopic (exact) mass is 307 g/mol. The maximum Gasteiger partial charge on any atom is 0.282 e. The van der Waals surface area contributed by atoms with Crippen LogP contribution >= 0.6 is 11.8 Å². The summed E-state index contributed by atoms with van der Waals surface area (Å²) in [6.07, 6.45) is 0. The first-order valence-corrected chi connectivity index (χ1v) is 7.58. The predicted octanol–water partition coefficient (Wildman–Crippen LogP) is 1.43. The van der Waals surface area contributed by atoms with Crippen LogP contribution in [0.4, 0.5) is 10.5 Å². The SMILES string of the molecule is CC(=O)Nc1cccc(CNC(=O)CN2CCSC2=O)c1. The van der Waals surface area contributed by atoms with E-state index in [1.165, 1.54) is 23.6 Å². The molecule has 0 saturated carbocycles. The number of nitrogens with one attached hydrogen (secondary N) is 2. The average Bonchev–Trinajstić information content (AvgIpc) is 2.82. The summed E-state index contributed by atoms with van der Waals surface area (Å²) < 4.78 is 0. The zero-order chi connectivity index (χ0) is 15.2. The highest BCUT2D eigenvalue weighted by Gasteiger charge is 2.22. The summed E-state index contributed by atoms with van der Waals surface area (Å²) in [5.41, 5.74) is 1.58. The molecule has 1 heterocycles. The van der Waals surface area contributed by atoms with Gasteiger partial charge in [-0.25, -0.2) is 0 Å². The summed E-state index contributed by atoms with van der Waals surface area (Å²) in [6.45, 7) is 2.52. The van der Waals surface area contributed by atoms with Gasteiger partial charge >= 0.3 is 0 Å². The van der Waals surface area contributed by atoms with Gasteiger partial charge in [0, 0.05) is 31.5 Å². The quantitative estimate of drug-likeness (QED) is 0.862. The van der Waals surface area contributed by atoms with Crippen molar-refractivity contribution in [2.75, 3.05) is 24.2 Å². The summed E-state index contributed by atoms with van der Waals surface area (Å²) in [5.74, 6) is 0.419. The number of rotatable bonds is 5. The summed E-state index contributed by atoms with van der Waals surface area (Å²) in [5, 5.41) is 5.42. The lowest BCUT2D eigenvalue weighted by Crippen LogP contribution is -2.36. The Morgan fingerprint density at radius 3 is 2.86 bits per heavy atom. The molecule has 7 heteroatoms. The third-order valence-corrected chi connectivity index (χ3v) is 3.81. The molecule has 3 amide bonds. The van der Waals surface area contributed by atoms with Crippen molar-refractivity contribution in [3.63, 3.8) is 0 Å². The second-order valence-electron chi connectivity index (χ2n) is 4.69. The lowest BCUT2D eigenvalue weighted by molar-refractivity contribution is -0.121. The Morgan fingerprint density at radius 1 is 1.38 bits per heavy atom. The van der Waals surface area contributed by atoms with Gasteiger partial charge in [-0.3, -0.25) is 14.4 Å². The third kappa shape index (κ3) is 4.78. The van der Waals surface area contributed by atoms with Crippen LogP contribution in [0.5, 0.6) is 0 Å². The summed E-state index contributed by atoms with van der Waals surface area (Å²) in [4.78, 5) is 35.7. The first-order chi connectivity index (χ1) is 10.0. The number of hydrogen-bond donors (Lipinski definition) is 2. The molecule has 0 bridgehead atoms. The van der Waals surface area contributed by atoms with Crippen molar-refractivity contribution in [2.24, 2.45) is 0 Å². The Labute approximate surface area is 127 Å². The molecule has 1 fully saturated rings. The van der Waals surface area contributed by atoms with E-state index >= 15 is 0 Å². The molecule has 1 aromatic rings. The number of anilines is 1. The van der Waals surface area contributed by atoms with E-state index in [9.17, 15) is 14.4 Å². The number of thioether (sulfide) groups is 1. The van der Waals surface area contributed by atoms with Crippen molar-refractivity contribution in [1.29, 1.82) is 0 Å². The van der Waals surface area contributed by atoms with Crippen LogP contribution in [0, 0.1) is 0 Å². The molecule has 0 radical (unpaired) electrons. The molecular formula is C14H17N3O3S. The Morgan fingerprint density at radius 2 is 2.19 bits per heavy atom. The molecule has 0 aliphatic carbocycles.